The van der Waals surface area contributed by atoms with Crippen molar-refractivity contribution in [1.82, 2.24) is 15.3 Å². The van der Waals surface area contributed by atoms with E-state index in [0.717, 1.165) is 25.9 Å². The summed E-state index contributed by atoms with van der Waals surface area (Å²) in [5.74, 6) is 0.993. The van der Waals surface area contributed by atoms with Crippen LogP contribution in [0.3, 0.4) is 0 Å². The van der Waals surface area contributed by atoms with E-state index in [4.69, 9.17) is 4.74 Å². The van der Waals surface area contributed by atoms with E-state index in [-0.39, 0.29) is 5.56 Å². The van der Waals surface area contributed by atoms with Gasteiger partial charge in [0.05, 0.1) is 13.4 Å². The molecule has 0 bridgehead atoms. The van der Waals surface area contributed by atoms with Gasteiger partial charge in [-0.05, 0) is 25.7 Å². The topological polar surface area (TPSA) is 70.2 Å². The molecule has 1 aromatic heterocycles. The maximum absolute atomic E-state index is 11.7. The van der Waals surface area contributed by atoms with Crippen LogP contribution >= 0.6 is 0 Å². The Morgan fingerprint density at radius 3 is 3.11 bits per heavy atom. The highest BCUT2D eigenvalue weighted by Crippen LogP contribution is 2.29. The molecular formula is C13H20N4O2. The lowest BCUT2D eigenvalue weighted by Crippen LogP contribution is -2.39. The molecule has 0 aromatic carbocycles. The Hall–Kier alpha value is -1.56. The monoisotopic (exact) mass is 264 g/mol. The smallest absolute Gasteiger partial charge is 0.295 e. The van der Waals surface area contributed by atoms with E-state index in [1.807, 2.05) is 0 Å². The zero-order chi connectivity index (χ0) is 13.2. The van der Waals surface area contributed by atoms with Gasteiger partial charge in [0.25, 0.3) is 5.56 Å². The Morgan fingerprint density at radius 2 is 2.37 bits per heavy atom. The number of hydrogen-bond donors (Lipinski definition) is 2. The second-order valence-corrected chi connectivity index (χ2v) is 5.26. The quantitative estimate of drug-likeness (QED) is 0.810. The summed E-state index contributed by atoms with van der Waals surface area (Å²) in [4.78, 5) is 20.8. The maximum Gasteiger partial charge on any atom is 0.295 e. The Kier molecular flexibility index (Phi) is 3.42. The van der Waals surface area contributed by atoms with Gasteiger partial charge < -0.3 is 19.9 Å². The Balaban J connectivity index is 1.79. The van der Waals surface area contributed by atoms with Crippen molar-refractivity contribution in [3.05, 3.63) is 16.7 Å². The molecule has 3 rings (SSSR count). The first-order valence-electron chi connectivity index (χ1n) is 6.91. The Bertz CT molecular complexity index is 498. The van der Waals surface area contributed by atoms with Crippen molar-refractivity contribution in [2.24, 2.45) is 0 Å². The molecule has 19 heavy (non-hydrogen) atoms. The Morgan fingerprint density at radius 1 is 1.53 bits per heavy atom. The van der Waals surface area contributed by atoms with Crippen LogP contribution in [-0.2, 0) is 0 Å². The van der Waals surface area contributed by atoms with Gasteiger partial charge in [-0.1, -0.05) is 0 Å². The number of aromatic amines is 1. The van der Waals surface area contributed by atoms with E-state index >= 15 is 0 Å². The largest absolute Gasteiger partial charge is 0.489 e. The molecule has 1 saturated heterocycles. The minimum absolute atomic E-state index is 0.215. The summed E-state index contributed by atoms with van der Waals surface area (Å²) in [5, 5.41) is 3.55. The molecule has 1 aliphatic carbocycles. The summed E-state index contributed by atoms with van der Waals surface area (Å²) >= 11 is 0. The average Bonchev–Trinajstić information content (AvgIpc) is 3.13. The molecule has 0 radical (unpaired) electrons. The van der Waals surface area contributed by atoms with Gasteiger partial charge in [-0.25, -0.2) is 4.98 Å². The molecule has 104 valence electrons. The van der Waals surface area contributed by atoms with Crippen LogP contribution in [0.4, 0.5) is 5.82 Å². The van der Waals surface area contributed by atoms with Gasteiger partial charge >= 0.3 is 0 Å². The first-order valence-corrected chi connectivity index (χ1v) is 6.91. The molecule has 1 atom stereocenters. The van der Waals surface area contributed by atoms with Crippen molar-refractivity contribution < 1.29 is 4.74 Å². The summed E-state index contributed by atoms with van der Waals surface area (Å²) in [6, 6.07) is 1.11. The predicted molar refractivity (Wildman–Crippen MR) is 72.8 cm³/mol. The molecule has 0 amide bonds. The van der Waals surface area contributed by atoms with Gasteiger partial charge in [0.1, 0.15) is 0 Å². The van der Waals surface area contributed by atoms with Crippen LogP contribution in [0, 0.1) is 0 Å². The highest BCUT2D eigenvalue weighted by Gasteiger charge is 2.30. The van der Waals surface area contributed by atoms with Crippen molar-refractivity contribution in [2.45, 2.75) is 37.8 Å². The zero-order valence-electron chi connectivity index (χ0n) is 11.2. The normalized spacial score (nSPS) is 22.8. The van der Waals surface area contributed by atoms with Crippen molar-refractivity contribution >= 4 is 5.82 Å². The SMILES string of the molecule is COc1c(N2CCCC2CNC2CC2)nc[nH]c1=O. The number of ether oxygens (including phenoxy) is 1. The number of rotatable bonds is 5. The zero-order valence-corrected chi connectivity index (χ0v) is 11.2. The molecule has 2 fully saturated rings. The van der Waals surface area contributed by atoms with E-state index in [1.54, 1.807) is 0 Å². The predicted octanol–water partition coefficient (Wildman–Crippen LogP) is 0.499. The van der Waals surface area contributed by atoms with Crippen molar-refractivity contribution in [3.63, 3.8) is 0 Å². The van der Waals surface area contributed by atoms with E-state index in [1.165, 1.54) is 26.3 Å². The third kappa shape index (κ3) is 2.58. The average molecular weight is 264 g/mol. The van der Waals surface area contributed by atoms with Crippen LogP contribution in [0.5, 0.6) is 5.75 Å². The van der Waals surface area contributed by atoms with Crippen LogP contribution in [0.1, 0.15) is 25.7 Å². The number of nitrogens with one attached hydrogen (secondary N) is 2. The number of nitrogens with zero attached hydrogens (tertiary/aromatic N) is 2. The van der Waals surface area contributed by atoms with Crippen molar-refractivity contribution in [3.8, 4) is 5.75 Å². The van der Waals surface area contributed by atoms with Gasteiger partial charge in [0, 0.05) is 25.2 Å². The van der Waals surface area contributed by atoms with Crippen LogP contribution in [0.2, 0.25) is 0 Å². The van der Waals surface area contributed by atoms with Gasteiger partial charge in [-0.15, -0.1) is 0 Å². The summed E-state index contributed by atoms with van der Waals surface area (Å²) in [7, 11) is 1.52. The van der Waals surface area contributed by atoms with Crippen molar-refractivity contribution in [2.75, 3.05) is 25.1 Å². The third-order valence-corrected chi connectivity index (χ3v) is 3.86. The summed E-state index contributed by atoms with van der Waals surface area (Å²) in [5.41, 5.74) is -0.215. The van der Waals surface area contributed by atoms with E-state index < -0.39 is 0 Å². The minimum Gasteiger partial charge on any atom is -0.489 e. The molecule has 6 nitrogen and oxygen atoms in total. The first-order chi connectivity index (χ1) is 9.29. The number of hydrogen-bond acceptors (Lipinski definition) is 5. The highest BCUT2D eigenvalue weighted by atomic mass is 16.5. The Labute approximate surface area is 112 Å². The van der Waals surface area contributed by atoms with Crippen LogP contribution in [0.15, 0.2) is 11.1 Å². The molecule has 2 aliphatic rings. The van der Waals surface area contributed by atoms with Gasteiger partial charge in [0.15, 0.2) is 5.82 Å². The minimum atomic E-state index is -0.215. The van der Waals surface area contributed by atoms with E-state index in [0.29, 0.717) is 23.7 Å². The summed E-state index contributed by atoms with van der Waals surface area (Å²) < 4.78 is 5.21. The summed E-state index contributed by atoms with van der Waals surface area (Å²) in [6.07, 6.45) is 6.30. The lowest BCUT2D eigenvalue weighted by molar-refractivity contribution is 0.404. The van der Waals surface area contributed by atoms with Gasteiger partial charge in [-0.2, -0.15) is 0 Å². The standard InChI is InChI=1S/C13H20N4O2/c1-19-11-12(15-8-16-13(11)18)17-6-2-3-10(17)7-14-9-4-5-9/h8-10,14H,2-7H2,1H3,(H,15,16,18). The molecular weight excluding hydrogens is 244 g/mol. The van der Waals surface area contributed by atoms with Gasteiger partial charge in [0.2, 0.25) is 5.75 Å². The highest BCUT2D eigenvalue weighted by molar-refractivity contribution is 5.52. The molecule has 1 unspecified atom stereocenters. The molecule has 1 aromatic rings. The number of H-pyrrole nitrogens is 1. The maximum atomic E-state index is 11.7. The lowest BCUT2D eigenvalue weighted by atomic mass is 10.2. The summed E-state index contributed by atoms with van der Waals surface area (Å²) in [6.45, 7) is 1.89. The number of anilines is 1. The molecule has 2 N–H and O–H groups in total. The molecule has 1 aliphatic heterocycles. The van der Waals surface area contributed by atoms with Gasteiger partial charge in [-0.3, -0.25) is 4.79 Å². The van der Waals surface area contributed by atoms with E-state index in [9.17, 15) is 4.79 Å². The first kappa shape index (κ1) is 12.5. The fourth-order valence-electron chi connectivity index (χ4n) is 2.68. The van der Waals surface area contributed by atoms with Crippen LogP contribution < -0.4 is 20.5 Å². The van der Waals surface area contributed by atoms with Crippen LogP contribution in [0.25, 0.3) is 0 Å². The van der Waals surface area contributed by atoms with Crippen molar-refractivity contribution in [1.29, 1.82) is 0 Å². The molecule has 2 heterocycles. The second-order valence-electron chi connectivity index (χ2n) is 5.26. The van der Waals surface area contributed by atoms with Crippen LogP contribution in [-0.4, -0.2) is 42.3 Å². The molecule has 1 saturated carbocycles. The van der Waals surface area contributed by atoms with E-state index in [2.05, 4.69) is 20.2 Å². The number of aromatic nitrogens is 2. The fourth-order valence-corrected chi connectivity index (χ4v) is 2.68. The molecule has 0 spiro atoms. The fraction of sp³-hybridized carbons (Fsp3) is 0.692. The number of methoxy groups -OCH3 is 1. The lowest BCUT2D eigenvalue weighted by Gasteiger charge is -2.26. The third-order valence-electron chi connectivity index (χ3n) is 3.86. The second kappa shape index (κ2) is 5.21. The molecule has 6 heteroatoms.